The quantitative estimate of drug-likeness (QED) is 0.438. The summed E-state index contributed by atoms with van der Waals surface area (Å²) in [6.45, 7) is 1.88. The predicted molar refractivity (Wildman–Crippen MR) is 107 cm³/mol. The van der Waals surface area contributed by atoms with Gasteiger partial charge in [0.2, 0.25) is 0 Å². The van der Waals surface area contributed by atoms with Crippen LogP contribution in [0.3, 0.4) is 0 Å². The van der Waals surface area contributed by atoms with Crippen molar-refractivity contribution >= 4 is 33.2 Å². The van der Waals surface area contributed by atoms with E-state index in [1.54, 1.807) is 10.8 Å². The number of hydrogen-bond acceptors (Lipinski definition) is 6. The highest BCUT2D eigenvalue weighted by Gasteiger charge is 2.20. The largest absolute Gasteiger partial charge is 0.465 e. The summed E-state index contributed by atoms with van der Waals surface area (Å²) < 4.78 is 8.56. The molecular formula is C20H15N5O2S. The first-order valence-corrected chi connectivity index (χ1v) is 9.44. The number of fused-ring (bicyclic) bond motifs is 3. The molecule has 0 atom stereocenters. The Morgan fingerprint density at radius 1 is 1.14 bits per heavy atom. The Labute approximate surface area is 163 Å². The lowest BCUT2D eigenvalue weighted by atomic mass is 10.2. The zero-order valence-corrected chi connectivity index (χ0v) is 16.0. The molecule has 138 valence electrons. The molecule has 0 saturated heterocycles. The van der Waals surface area contributed by atoms with Gasteiger partial charge in [-0.15, -0.1) is 16.4 Å². The van der Waals surface area contributed by atoms with E-state index in [4.69, 9.17) is 9.72 Å². The number of aryl methyl sites for hydroxylation is 1. The lowest BCUT2D eigenvalue weighted by molar-refractivity contribution is 0.0605. The third-order valence-corrected chi connectivity index (χ3v) is 5.85. The Bertz CT molecular complexity index is 1320. The van der Waals surface area contributed by atoms with Gasteiger partial charge in [-0.05, 0) is 48.9 Å². The molecule has 7 nitrogen and oxygen atoms in total. The molecule has 8 heteroatoms. The molecule has 0 amide bonds. The number of nitrogens with zero attached hydrogens (tertiary/aromatic N) is 5. The van der Waals surface area contributed by atoms with Crippen molar-refractivity contribution in [1.29, 1.82) is 0 Å². The number of carbonyl (C=O) groups excluding carboxylic acids is 1. The van der Waals surface area contributed by atoms with Crippen LogP contribution in [-0.4, -0.2) is 37.2 Å². The molecule has 0 spiro atoms. The minimum absolute atomic E-state index is 0.362. The standard InChI is InChI=1S/C20H15N5O2S/c1-12-15-18-22-17(13-5-7-14(8-6-13)24-9-3-4-10-24)23-25(18)11-21-19(15)28-16(12)20(26)27-2/h3-11H,1-2H3. The van der Waals surface area contributed by atoms with Crippen LogP contribution in [0.25, 0.3) is 32.9 Å². The van der Waals surface area contributed by atoms with Crippen molar-refractivity contribution in [2.45, 2.75) is 6.92 Å². The lowest BCUT2D eigenvalue weighted by Gasteiger charge is -2.03. The molecule has 0 aliphatic rings. The minimum Gasteiger partial charge on any atom is -0.465 e. The van der Waals surface area contributed by atoms with E-state index < -0.39 is 0 Å². The molecule has 4 aromatic heterocycles. The minimum atomic E-state index is -0.362. The number of hydrogen-bond donors (Lipinski definition) is 0. The maximum Gasteiger partial charge on any atom is 0.348 e. The molecule has 0 radical (unpaired) electrons. The topological polar surface area (TPSA) is 74.3 Å². The van der Waals surface area contributed by atoms with E-state index in [9.17, 15) is 4.79 Å². The van der Waals surface area contributed by atoms with Crippen LogP contribution >= 0.6 is 11.3 Å². The lowest BCUT2D eigenvalue weighted by Crippen LogP contribution is -1.99. The van der Waals surface area contributed by atoms with Crippen molar-refractivity contribution < 1.29 is 9.53 Å². The Hall–Kier alpha value is -3.52. The second kappa shape index (κ2) is 6.28. The summed E-state index contributed by atoms with van der Waals surface area (Å²) in [6.07, 6.45) is 5.62. The first kappa shape index (κ1) is 16.6. The Morgan fingerprint density at radius 2 is 1.89 bits per heavy atom. The zero-order chi connectivity index (χ0) is 19.3. The zero-order valence-electron chi connectivity index (χ0n) is 15.2. The van der Waals surface area contributed by atoms with Gasteiger partial charge in [-0.2, -0.15) is 0 Å². The summed E-state index contributed by atoms with van der Waals surface area (Å²) in [5.74, 6) is 0.248. The Balaban J connectivity index is 1.62. The molecule has 5 rings (SSSR count). The van der Waals surface area contributed by atoms with Crippen LogP contribution in [0.4, 0.5) is 0 Å². The van der Waals surface area contributed by atoms with Gasteiger partial charge in [0, 0.05) is 23.6 Å². The average Bonchev–Trinajstić information content (AvgIpc) is 3.46. The first-order chi connectivity index (χ1) is 13.7. The number of esters is 1. The Kier molecular flexibility index (Phi) is 3.73. The molecule has 0 unspecified atom stereocenters. The van der Waals surface area contributed by atoms with E-state index >= 15 is 0 Å². The van der Waals surface area contributed by atoms with Crippen LogP contribution in [0.15, 0.2) is 55.1 Å². The highest BCUT2D eigenvalue weighted by molar-refractivity contribution is 7.20. The van der Waals surface area contributed by atoms with Crippen LogP contribution in [-0.2, 0) is 4.74 Å². The molecular weight excluding hydrogens is 374 g/mol. The Morgan fingerprint density at radius 3 is 2.61 bits per heavy atom. The second-order valence-corrected chi connectivity index (χ2v) is 7.31. The number of aromatic nitrogens is 5. The summed E-state index contributed by atoms with van der Waals surface area (Å²) in [5, 5.41) is 5.39. The average molecular weight is 389 g/mol. The van der Waals surface area contributed by atoms with Gasteiger partial charge in [0.05, 0.1) is 12.5 Å². The molecule has 0 saturated carbocycles. The molecule has 0 bridgehead atoms. The molecule has 0 fully saturated rings. The van der Waals surface area contributed by atoms with E-state index in [-0.39, 0.29) is 5.97 Å². The molecule has 28 heavy (non-hydrogen) atoms. The van der Waals surface area contributed by atoms with E-state index in [0.717, 1.165) is 27.0 Å². The van der Waals surface area contributed by atoms with E-state index in [1.807, 2.05) is 60.3 Å². The summed E-state index contributed by atoms with van der Waals surface area (Å²) in [5.41, 5.74) is 3.47. The van der Waals surface area contributed by atoms with Crippen LogP contribution in [0.5, 0.6) is 0 Å². The summed E-state index contributed by atoms with van der Waals surface area (Å²) >= 11 is 1.31. The number of rotatable bonds is 3. The van der Waals surface area contributed by atoms with Gasteiger partial charge in [0.15, 0.2) is 11.5 Å². The smallest absolute Gasteiger partial charge is 0.348 e. The van der Waals surface area contributed by atoms with Crippen LogP contribution in [0, 0.1) is 6.92 Å². The van der Waals surface area contributed by atoms with Gasteiger partial charge in [-0.25, -0.2) is 19.3 Å². The third kappa shape index (κ3) is 2.49. The van der Waals surface area contributed by atoms with Gasteiger partial charge >= 0.3 is 5.97 Å². The molecule has 0 N–H and O–H groups in total. The van der Waals surface area contributed by atoms with Crippen molar-refractivity contribution in [3.63, 3.8) is 0 Å². The maximum absolute atomic E-state index is 12.0. The van der Waals surface area contributed by atoms with Gasteiger partial charge in [-0.3, -0.25) is 0 Å². The molecule has 4 heterocycles. The second-order valence-electron chi connectivity index (χ2n) is 6.31. The van der Waals surface area contributed by atoms with E-state index in [1.165, 1.54) is 18.4 Å². The van der Waals surface area contributed by atoms with Gasteiger partial charge in [0.1, 0.15) is 16.0 Å². The SMILES string of the molecule is COC(=O)c1sc2ncn3nc(-c4ccc(-n5cccc5)cc4)nc3c2c1C. The monoisotopic (exact) mass is 389 g/mol. The normalized spacial score (nSPS) is 11.4. The molecule has 0 aliphatic carbocycles. The van der Waals surface area contributed by atoms with Crippen molar-refractivity contribution in [3.8, 4) is 17.1 Å². The summed E-state index contributed by atoms with van der Waals surface area (Å²) in [6, 6.07) is 12.0. The highest BCUT2D eigenvalue weighted by atomic mass is 32.1. The van der Waals surface area contributed by atoms with Crippen molar-refractivity contribution in [2.24, 2.45) is 0 Å². The van der Waals surface area contributed by atoms with E-state index in [0.29, 0.717) is 16.3 Å². The van der Waals surface area contributed by atoms with Gasteiger partial charge in [0.25, 0.3) is 0 Å². The van der Waals surface area contributed by atoms with Crippen LogP contribution < -0.4 is 0 Å². The summed E-state index contributed by atoms with van der Waals surface area (Å²) in [7, 11) is 1.38. The van der Waals surface area contributed by atoms with Crippen LogP contribution in [0.2, 0.25) is 0 Å². The highest BCUT2D eigenvalue weighted by Crippen LogP contribution is 2.32. The van der Waals surface area contributed by atoms with Crippen LogP contribution in [0.1, 0.15) is 15.2 Å². The third-order valence-electron chi connectivity index (χ3n) is 4.67. The fraction of sp³-hybridized carbons (Fsp3) is 0.100. The number of benzene rings is 1. The first-order valence-electron chi connectivity index (χ1n) is 8.62. The molecule has 5 aromatic rings. The fourth-order valence-electron chi connectivity index (χ4n) is 3.23. The maximum atomic E-state index is 12.0. The molecule has 1 aromatic carbocycles. The van der Waals surface area contributed by atoms with Crippen molar-refractivity contribution in [2.75, 3.05) is 7.11 Å². The van der Waals surface area contributed by atoms with Gasteiger partial charge in [-0.1, -0.05) is 0 Å². The van der Waals surface area contributed by atoms with Gasteiger partial charge < -0.3 is 9.30 Å². The number of methoxy groups -OCH3 is 1. The fourth-order valence-corrected chi connectivity index (χ4v) is 4.29. The number of thiophene rings is 1. The number of ether oxygens (including phenoxy) is 1. The number of carbonyl (C=O) groups is 1. The molecule has 0 aliphatic heterocycles. The summed E-state index contributed by atoms with van der Waals surface area (Å²) in [4.78, 5) is 22.4. The van der Waals surface area contributed by atoms with Crippen molar-refractivity contribution in [3.05, 3.63) is 65.6 Å². The van der Waals surface area contributed by atoms with Crippen molar-refractivity contribution in [1.82, 2.24) is 24.1 Å². The predicted octanol–water partition coefficient (Wildman–Crippen LogP) is 3.89. The van der Waals surface area contributed by atoms with E-state index in [2.05, 4.69) is 10.1 Å².